The fraction of sp³-hybridized carbons (Fsp3) is 0.556. The lowest BCUT2D eigenvalue weighted by Crippen LogP contribution is -2.45. The van der Waals surface area contributed by atoms with Crippen LogP contribution in [0.2, 0.25) is 0 Å². The van der Waals surface area contributed by atoms with Gasteiger partial charge in [-0.05, 0) is 33.3 Å². The van der Waals surface area contributed by atoms with Gasteiger partial charge in [0.2, 0.25) is 0 Å². The maximum absolute atomic E-state index is 12.5. The highest BCUT2D eigenvalue weighted by Crippen LogP contribution is 2.55. The summed E-state index contributed by atoms with van der Waals surface area (Å²) in [5, 5.41) is 1.53. The summed E-state index contributed by atoms with van der Waals surface area (Å²) >= 11 is 0. The number of aryl methyl sites for hydroxylation is 1. The van der Waals surface area contributed by atoms with Gasteiger partial charge in [0.25, 0.3) is 0 Å². The highest BCUT2D eigenvalue weighted by atomic mass is 32.2. The third kappa shape index (κ3) is 3.86. The molecule has 1 aromatic rings. The van der Waals surface area contributed by atoms with E-state index in [9.17, 15) is 18.0 Å². The van der Waals surface area contributed by atoms with Crippen molar-refractivity contribution in [2.75, 3.05) is 5.75 Å². The van der Waals surface area contributed by atoms with Gasteiger partial charge in [0.05, 0.1) is 0 Å². The van der Waals surface area contributed by atoms with Gasteiger partial charge in [-0.3, -0.25) is 0 Å². The van der Waals surface area contributed by atoms with Crippen molar-refractivity contribution in [1.29, 1.82) is 0 Å². The molecule has 0 radical (unpaired) electrons. The van der Waals surface area contributed by atoms with E-state index in [1.54, 1.807) is 32.9 Å². The van der Waals surface area contributed by atoms with E-state index in [0.29, 0.717) is 11.8 Å². The minimum absolute atomic E-state index is 0.106. The Morgan fingerprint density at radius 3 is 2.28 bits per heavy atom. The number of rotatable bonds is 5. The fourth-order valence-electron chi connectivity index (χ4n) is 3.08. The summed E-state index contributed by atoms with van der Waals surface area (Å²) in [7, 11) is -3.54. The molecule has 138 valence electrons. The lowest BCUT2D eigenvalue weighted by Gasteiger charge is -2.22. The van der Waals surface area contributed by atoms with Gasteiger partial charge in [-0.1, -0.05) is 36.8 Å². The average molecular weight is 367 g/mol. The second-order valence-corrected chi connectivity index (χ2v) is 9.85. The van der Waals surface area contributed by atoms with Gasteiger partial charge in [-0.15, -0.1) is 0 Å². The number of hydrogen-bond donors (Lipinski definition) is 1. The van der Waals surface area contributed by atoms with Gasteiger partial charge < -0.3 is 14.8 Å². The van der Waals surface area contributed by atoms with Crippen molar-refractivity contribution in [1.82, 2.24) is 5.32 Å². The van der Waals surface area contributed by atoms with E-state index in [0.717, 1.165) is 5.56 Å². The third-order valence-corrected chi connectivity index (χ3v) is 6.56. The van der Waals surface area contributed by atoms with E-state index in [1.165, 1.54) is 6.92 Å². The second-order valence-electron chi connectivity index (χ2n) is 7.44. The number of alkyl carbamates (subject to hydrolysis) is 1. The topological polar surface area (TPSA) is 89.5 Å². The Morgan fingerprint density at radius 1 is 1.28 bits per heavy atom. The van der Waals surface area contributed by atoms with Crippen molar-refractivity contribution >= 4 is 22.2 Å². The molecule has 0 bridgehead atoms. The van der Waals surface area contributed by atoms with Crippen molar-refractivity contribution in [3.05, 3.63) is 35.4 Å². The van der Waals surface area contributed by atoms with E-state index in [4.69, 9.17) is 4.74 Å². The molecule has 1 saturated carbocycles. The zero-order valence-corrected chi connectivity index (χ0v) is 16.0. The minimum atomic E-state index is -3.54. The van der Waals surface area contributed by atoms with Crippen LogP contribution in [0.3, 0.4) is 0 Å². The number of carbonyl (C=O) groups excluding carboxylic acids is 2. The van der Waals surface area contributed by atoms with Gasteiger partial charge in [0.1, 0.15) is 22.7 Å². The third-order valence-electron chi connectivity index (χ3n) is 4.32. The van der Waals surface area contributed by atoms with Crippen molar-refractivity contribution in [3.63, 3.8) is 0 Å². The first kappa shape index (κ1) is 19.4. The molecule has 0 spiro atoms. The molecular formula is C18H25NO5S. The van der Waals surface area contributed by atoms with E-state index < -0.39 is 38.2 Å². The normalized spacial score (nSPS) is 26.0. The van der Waals surface area contributed by atoms with Crippen LogP contribution in [0.5, 0.6) is 0 Å². The van der Waals surface area contributed by atoms with Crippen LogP contribution < -0.4 is 5.32 Å². The highest BCUT2D eigenvalue weighted by Gasteiger charge is 2.72. The Hall–Kier alpha value is -1.89. The summed E-state index contributed by atoms with van der Waals surface area (Å²) in [6, 6.07) is 7.29. The van der Waals surface area contributed by atoms with Gasteiger partial charge in [-0.25, -0.2) is 13.2 Å². The zero-order chi connectivity index (χ0) is 19.0. The number of nitrogens with one attached hydrogen (secondary N) is 1. The Bertz CT molecular complexity index is 764. The molecule has 7 heteroatoms. The van der Waals surface area contributed by atoms with E-state index in [2.05, 4.69) is 5.32 Å². The second kappa shape index (κ2) is 6.44. The maximum Gasteiger partial charge on any atom is 0.408 e. The summed E-state index contributed by atoms with van der Waals surface area (Å²) < 4.78 is 30.2. The number of amides is 1. The number of carbonyl (C=O) groups is 2. The lowest BCUT2D eigenvalue weighted by molar-refractivity contribution is -0.110. The number of sulfone groups is 1. The van der Waals surface area contributed by atoms with Gasteiger partial charge in [0.15, 0.2) is 9.84 Å². The standard InChI is InChI=1S/C18H25NO5S/c1-6-25(22,23)15-14(13-9-7-12(2)8-10-13)18(15,11-20)19-16(21)24-17(3,4)5/h7-11,14-15H,6H2,1-5H3,(H,19,21)/t14-,15-,18-/m1/s1. The summed E-state index contributed by atoms with van der Waals surface area (Å²) in [5.41, 5.74) is -0.513. The molecule has 2 rings (SSSR count). The molecule has 0 aliphatic heterocycles. The molecule has 0 unspecified atom stereocenters. The van der Waals surface area contributed by atoms with E-state index in [1.807, 2.05) is 19.1 Å². The molecule has 1 aromatic carbocycles. The quantitative estimate of drug-likeness (QED) is 0.807. The molecule has 0 aromatic heterocycles. The zero-order valence-electron chi connectivity index (χ0n) is 15.2. The Morgan fingerprint density at radius 2 is 1.84 bits per heavy atom. The highest BCUT2D eigenvalue weighted by molar-refractivity contribution is 7.92. The summed E-state index contributed by atoms with van der Waals surface area (Å²) in [6.07, 6.45) is -0.273. The summed E-state index contributed by atoms with van der Waals surface area (Å²) in [4.78, 5) is 24.1. The van der Waals surface area contributed by atoms with Crippen molar-refractivity contribution in [3.8, 4) is 0 Å². The predicted octanol–water partition coefficient (Wildman–Crippen LogP) is 2.36. The largest absolute Gasteiger partial charge is 0.444 e. The molecule has 0 heterocycles. The minimum Gasteiger partial charge on any atom is -0.444 e. The number of benzene rings is 1. The molecule has 25 heavy (non-hydrogen) atoms. The molecule has 3 atom stereocenters. The maximum atomic E-state index is 12.5. The lowest BCUT2D eigenvalue weighted by atomic mass is 10.1. The van der Waals surface area contributed by atoms with Crippen molar-refractivity contribution in [2.24, 2.45) is 0 Å². The Balaban J connectivity index is 2.40. The van der Waals surface area contributed by atoms with Gasteiger partial charge >= 0.3 is 6.09 Å². The van der Waals surface area contributed by atoms with Crippen LogP contribution in [0.1, 0.15) is 44.7 Å². The van der Waals surface area contributed by atoms with Crippen LogP contribution in [0.4, 0.5) is 4.79 Å². The smallest absolute Gasteiger partial charge is 0.408 e. The van der Waals surface area contributed by atoms with Crippen molar-refractivity contribution < 1.29 is 22.7 Å². The van der Waals surface area contributed by atoms with Crippen LogP contribution in [-0.4, -0.2) is 42.9 Å². The van der Waals surface area contributed by atoms with Crippen LogP contribution >= 0.6 is 0 Å². The van der Waals surface area contributed by atoms with Crippen LogP contribution in [0.15, 0.2) is 24.3 Å². The first-order chi connectivity index (χ1) is 11.5. The fourth-order valence-corrected chi connectivity index (χ4v) is 5.01. The SMILES string of the molecule is CCS(=O)(=O)[C@@H]1[C@@H](c2ccc(C)cc2)[C@@]1(C=O)NC(=O)OC(C)(C)C. The monoisotopic (exact) mass is 367 g/mol. The van der Waals surface area contributed by atoms with E-state index >= 15 is 0 Å². The summed E-state index contributed by atoms with van der Waals surface area (Å²) in [5.74, 6) is -0.728. The van der Waals surface area contributed by atoms with E-state index in [-0.39, 0.29) is 5.75 Å². The molecule has 6 nitrogen and oxygen atoms in total. The van der Waals surface area contributed by atoms with Crippen molar-refractivity contribution in [2.45, 2.75) is 56.9 Å². The molecule has 1 amide bonds. The van der Waals surface area contributed by atoms with Gasteiger partial charge in [-0.2, -0.15) is 0 Å². The Kier molecular flexibility index (Phi) is 5.01. The van der Waals surface area contributed by atoms with Crippen LogP contribution in [0.25, 0.3) is 0 Å². The predicted molar refractivity (Wildman–Crippen MR) is 95.3 cm³/mol. The number of aldehydes is 1. The average Bonchev–Trinajstić information content (AvgIpc) is 3.15. The first-order valence-electron chi connectivity index (χ1n) is 8.22. The molecule has 0 saturated heterocycles. The molecule has 1 fully saturated rings. The molecular weight excluding hydrogens is 342 g/mol. The number of ether oxygens (including phenoxy) is 1. The van der Waals surface area contributed by atoms with Crippen LogP contribution in [-0.2, 0) is 19.4 Å². The number of hydrogen-bond acceptors (Lipinski definition) is 5. The molecule has 1 aliphatic rings. The van der Waals surface area contributed by atoms with Crippen LogP contribution in [0, 0.1) is 6.92 Å². The first-order valence-corrected chi connectivity index (χ1v) is 9.94. The Labute approximate surface area is 148 Å². The molecule has 1 aliphatic carbocycles. The summed E-state index contributed by atoms with van der Waals surface area (Å²) in [6.45, 7) is 8.55. The molecule has 1 N–H and O–H groups in total. The van der Waals surface area contributed by atoms with Gasteiger partial charge in [0, 0.05) is 11.7 Å².